The molecule has 0 aliphatic rings. The van der Waals surface area contributed by atoms with Crippen molar-refractivity contribution >= 4 is 44.5 Å². The first-order valence-corrected chi connectivity index (χ1v) is 12.2. The number of hydrazine groups is 1. The van der Waals surface area contributed by atoms with E-state index >= 15 is 0 Å². The number of aromatic nitrogens is 2. The minimum Gasteiger partial charge on any atom is -0.328 e. The maximum absolute atomic E-state index is 12.4. The number of carbonyl (C=O) groups excluding carboxylic acids is 2. The molecule has 0 aliphatic carbocycles. The van der Waals surface area contributed by atoms with Crippen LogP contribution in [0.2, 0.25) is 5.02 Å². The fourth-order valence-electron chi connectivity index (χ4n) is 3.33. The van der Waals surface area contributed by atoms with E-state index in [0.29, 0.717) is 29.3 Å². The van der Waals surface area contributed by atoms with Gasteiger partial charge in [0.25, 0.3) is 0 Å². The standard InChI is InChI=1S/C22H26ClN5O4S/c1-4-28-19-10-9-17(33(31,32)27(2)3)14-18(19)24-20(28)11-12-21(29)25-26-22(30)13-15-5-7-16(23)8-6-15/h5-10,14H,4,11-13H2,1-3H3,(H,25,29)(H,26,30). The number of aryl methyl sites for hydroxylation is 2. The number of nitrogens with zero attached hydrogens (tertiary/aromatic N) is 3. The van der Waals surface area contributed by atoms with Gasteiger partial charge in [-0.25, -0.2) is 17.7 Å². The van der Waals surface area contributed by atoms with Gasteiger partial charge in [0.15, 0.2) is 0 Å². The molecule has 2 aromatic carbocycles. The third-order valence-electron chi connectivity index (χ3n) is 5.09. The van der Waals surface area contributed by atoms with E-state index < -0.39 is 10.0 Å². The number of halogens is 1. The van der Waals surface area contributed by atoms with Crippen molar-refractivity contribution in [1.29, 1.82) is 0 Å². The summed E-state index contributed by atoms with van der Waals surface area (Å²) in [5, 5.41) is 0.584. The van der Waals surface area contributed by atoms with Gasteiger partial charge in [0, 0.05) is 38.5 Å². The summed E-state index contributed by atoms with van der Waals surface area (Å²) in [6.07, 6.45) is 0.547. The van der Waals surface area contributed by atoms with Crippen LogP contribution in [0.4, 0.5) is 0 Å². The van der Waals surface area contributed by atoms with Crippen molar-refractivity contribution in [2.75, 3.05) is 14.1 Å². The molecule has 0 atom stereocenters. The molecule has 0 fully saturated rings. The first-order chi connectivity index (χ1) is 15.6. The molecular weight excluding hydrogens is 466 g/mol. The SMILES string of the molecule is CCn1c(CCC(=O)NNC(=O)Cc2ccc(Cl)cc2)nc2cc(S(=O)(=O)N(C)C)ccc21. The number of fused-ring (bicyclic) bond motifs is 1. The van der Waals surface area contributed by atoms with Crippen LogP contribution in [0.5, 0.6) is 0 Å². The number of rotatable bonds is 8. The Morgan fingerprint density at radius 2 is 1.73 bits per heavy atom. The molecule has 1 heterocycles. The minimum atomic E-state index is -3.57. The lowest BCUT2D eigenvalue weighted by molar-refractivity contribution is -0.128. The lowest BCUT2D eigenvalue weighted by Gasteiger charge is -2.11. The number of benzene rings is 2. The van der Waals surface area contributed by atoms with Gasteiger partial charge in [-0.3, -0.25) is 20.4 Å². The molecule has 0 radical (unpaired) electrons. The van der Waals surface area contributed by atoms with Crippen LogP contribution in [0.1, 0.15) is 24.7 Å². The molecule has 0 saturated heterocycles. The first-order valence-electron chi connectivity index (χ1n) is 10.4. The summed E-state index contributed by atoms with van der Waals surface area (Å²) in [7, 11) is -0.622. The Labute approximate surface area is 197 Å². The minimum absolute atomic E-state index is 0.105. The molecule has 0 saturated carbocycles. The summed E-state index contributed by atoms with van der Waals surface area (Å²) in [5.74, 6) is -0.0410. The molecular formula is C22H26ClN5O4S. The van der Waals surface area contributed by atoms with E-state index in [1.54, 1.807) is 36.4 Å². The molecule has 9 nitrogen and oxygen atoms in total. The first kappa shape index (κ1) is 24.7. The molecule has 2 N–H and O–H groups in total. The van der Waals surface area contributed by atoms with E-state index in [1.165, 1.54) is 20.2 Å². The number of nitrogens with one attached hydrogen (secondary N) is 2. The predicted octanol–water partition coefficient (Wildman–Crippen LogP) is 2.28. The lowest BCUT2D eigenvalue weighted by Crippen LogP contribution is -2.42. The van der Waals surface area contributed by atoms with Gasteiger partial charge in [0.2, 0.25) is 21.8 Å². The fourth-order valence-corrected chi connectivity index (χ4v) is 4.38. The molecule has 0 spiro atoms. The second-order valence-corrected chi connectivity index (χ2v) is 10.2. The number of carbonyl (C=O) groups is 2. The van der Waals surface area contributed by atoms with Gasteiger partial charge in [-0.05, 0) is 42.8 Å². The van der Waals surface area contributed by atoms with Crippen LogP contribution < -0.4 is 10.9 Å². The normalized spacial score (nSPS) is 11.7. The van der Waals surface area contributed by atoms with Gasteiger partial charge in [-0.15, -0.1) is 0 Å². The van der Waals surface area contributed by atoms with E-state index in [4.69, 9.17) is 11.6 Å². The van der Waals surface area contributed by atoms with Crippen LogP contribution >= 0.6 is 11.6 Å². The summed E-state index contributed by atoms with van der Waals surface area (Å²) in [4.78, 5) is 29.0. The zero-order chi connectivity index (χ0) is 24.2. The van der Waals surface area contributed by atoms with Gasteiger partial charge >= 0.3 is 0 Å². The quantitative estimate of drug-likeness (QED) is 0.469. The van der Waals surface area contributed by atoms with Gasteiger partial charge in [0.1, 0.15) is 5.82 Å². The van der Waals surface area contributed by atoms with Crippen molar-refractivity contribution in [2.45, 2.75) is 37.6 Å². The summed E-state index contributed by atoms with van der Waals surface area (Å²) in [6, 6.07) is 11.7. The van der Waals surface area contributed by atoms with Crippen molar-refractivity contribution < 1.29 is 18.0 Å². The Morgan fingerprint density at radius 1 is 1.06 bits per heavy atom. The molecule has 0 bridgehead atoms. The van der Waals surface area contributed by atoms with Crippen LogP contribution in [0.3, 0.4) is 0 Å². The second kappa shape index (κ2) is 10.3. The summed E-state index contributed by atoms with van der Waals surface area (Å²) < 4.78 is 27.9. The fraction of sp³-hybridized carbons (Fsp3) is 0.318. The van der Waals surface area contributed by atoms with Gasteiger partial charge < -0.3 is 4.57 Å². The third kappa shape index (κ3) is 5.89. The summed E-state index contributed by atoms with van der Waals surface area (Å²) >= 11 is 5.83. The molecule has 3 rings (SSSR count). The number of imidazole rings is 1. The summed E-state index contributed by atoms with van der Waals surface area (Å²) in [5.41, 5.74) is 6.93. The van der Waals surface area contributed by atoms with E-state index in [0.717, 1.165) is 15.4 Å². The second-order valence-electron chi connectivity index (χ2n) is 7.61. The highest BCUT2D eigenvalue weighted by molar-refractivity contribution is 7.89. The van der Waals surface area contributed by atoms with Crippen molar-refractivity contribution in [3.05, 3.63) is 58.9 Å². The number of hydrogen-bond donors (Lipinski definition) is 2. The van der Waals surface area contributed by atoms with Crippen LogP contribution in [-0.2, 0) is 39.0 Å². The smallest absolute Gasteiger partial charge is 0.242 e. The molecule has 33 heavy (non-hydrogen) atoms. The average molecular weight is 492 g/mol. The number of hydrogen-bond acceptors (Lipinski definition) is 5. The molecule has 0 unspecified atom stereocenters. The number of amides is 2. The summed E-state index contributed by atoms with van der Waals surface area (Å²) in [6.45, 7) is 2.57. The zero-order valence-corrected chi connectivity index (χ0v) is 20.2. The lowest BCUT2D eigenvalue weighted by atomic mass is 10.1. The third-order valence-corrected chi connectivity index (χ3v) is 7.15. The average Bonchev–Trinajstić information content (AvgIpc) is 3.14. The molecule has 1 aromatic heterocycles. The zero-order valence-electron chi connectivity index (χ0n) is 18.6. The van der Waals surface area contributed by atoms with Crippen molar-refractivity contribution in [3.63, 3.8) is 0 Å². The molecule has 3 aromatic rings. The maximum atomic E-state index is 12.4. The highest BCUT2D eigenvalue weighted by atomic mass is 35.5. The van der Waals surface area contributed by atoms with Crippen LogP contribution in [-0.4, -0.2) is 48.2 Å². The predicted molar refractivity (Wildman–Crippen MR) is 126 cm³/mol. The van der Waals surface area contributed by atoms with Crippen LogP contribution in [0, 0.1) is 0 Å². The Bertz CT molecular complexity index is 1270. The van der Waals surface area contributed by atoms with E-state index in [1.807, 2.05) is 11.5 Å². The number of sulfonamides is 1. The highest BCUT2D eigenvalue weighted by Gasteiger charge is 2.19. The Balaban J connectivity index is 1.62. The molecule has 0 aliphatic heterocycles. The molecule has 11 heteroatoms. The topological polar surface area (TPSA) is 113 Å². The van der Waals surface area contributed by atoms with Crippen molar-refractivity contribution in [2.24, 2.45) is 0 Å². The van der Waals surface area contributed by atoms with Crippen LogP contribution in [0.25, 0.3) is 11.0 Å². The van der Waals surface area contributed by atoms with Crippen molar-refractivity contribution in [1.82, 2.24) is 24.7 Å². The van der Waals surface area contributed by atoms with Gasteiger partial charge in [-0.1, -0.05) is 23.7 Å². The van der Waals surface area contributed by atoms with Gasteiger partial charge in [0.05, 0.1) is 22.3 Å². The Morgan fingerprint density at radius 3 is 2.36 bits per heavy atom. The van der Waals surface area contributed by atoms with Crippen LogP contribution in [0.15, 0.2) is 47.4 Å². The van der Waals surface area contributed by atoms with Gasteiger partial charge in [-0.2, -0.15) is 0 Å². The van der Waals surface area contributed by atoms with E-state index in [9.17, 15) is 18.0 Å². The Kier molecular flexibility index (Phi) is 7.72. The monoisotopic (exact) mass is 491 g/mol. The molecule has 176 valence electrons. The highest BCUT2D eigenvalue weighted by Crippen LogP contribution is 2.22. The Hall–Kier alpha value is -2.95. The van der Waals surface area contributed by atoms with E-state index in [2.05, 4.69) is 15.8 Å². The van der Waals surface area contributed by atoms with E-state index in [-0.39, 0.29) is 29.6 Å². The molecule has 2 amide bonds. The van der Waals surface area contributed by atoms with Crippen molar-refractivity contribution in [3.8, 4) is 0 Å². The maximum Gasteiger partial charge on any atom is 0.242 e. The largest absolute Gasteiger partial charge is 0.328 e.